The topological polar surface area (TPSA) is 81.8 Å². The molecule has 4 rings (SSSR count). The minimum atomic E-state index is -0.609. The maximum atomic E-state index is 13.5. The normalized spacial score (nSPS) is 11.9. The molecule has 0 aliphatic rings. The van der Waals surface area contributed by atoms with Crippen LogP contribution in [0.5, 0.6) is 0 Å². The van der Waals surface area contributed by atoms with Crippen molar-refractivity contribution in [3.63, 3.8) is 0 Å². The summed E-state index contributed by atoms with van der Waals surface area (Å²) in [5.41, 5.74) is 1.35. The number of halogens is 3. The van der Waals surface area contributed by atoms with Crippen molar-refractivity contribution in [3.8, 4) is 16.9 Å². The van der Waals surface area contributed by atoms with Gasteiger partial charge in [-0.3, -0.25) is 14.3 Å². The monoisotopic (exact) mass is 485 g/mol. The Morgan fingerprint density at radius 2 is 1.85 bits per heavy atom. The van der Waals surface area contributed by atoms with Gasteiger partial charge >= 0.3 is 0 Å². The van der Waals surface area contributed by atoms with Gasteiger partial charge in [-0.2, -0.15) is 14.9 Å². The van der Waals surface area contributed by atoms with Gasteiger partial charge < -0.3 is 5.32 Å². The van der Waals surface area contributed by atoms with Crippen LogP contribution in [0.2, 0.25) is 10.0 Å². The number of aryl methyl sites for hydroxylation is 1. The summed E-state index contributed by atoms with van der Waals surface area (Å²) in [7, 11) is 1.71. The second-order valence-electron chi connectivity index (χ2n) is 7.41. The summed E-state index contributed by atoms with van der Waals surface area (Å²) in [5.74, 6) is -1.16. The number of nitrogens with one attached hydrogen (secondary N) is 1. The number of carbonyl (C=O) groups is 1. The zero-order chi connectivity index (χ0) is 23.7. The number of aromatic nitrogens is 4. The maximum Gasteiger partial charge on any atom is 0.284 e. The predicted molar refractivity (Wildman–Crippen MR) is 124 cm³/mol. The minimum absolute atomic E-state index is 0.0542. The van der Waals surface area contributed by atoms with Crippen molar-refractivity contribution in [2.75, 3.05) is 0 Å². The summed E-state index contributed by atoms with van der Waals surface area (Å²) in [6, 6.07) is 11.9. The fraction of sp³-hybridized carbons (Fsp3) is 0.130. The van der Waals surface area contributed by atoms with Crippen LogP contribution in [0.25, 0.3) is 16.9 Å². The molecular formula is C23H18Cl2FN5O2. The van der Waals surface area contributed by atoms with Crippen LogP contribution in [0.15, 0.2) is 65.7 Å². The highest BCUT2D eigenvalue weighted by atomic mass is 35.5. The maximum absolute atomic E-state index is 13.5. The molecule has 10 heteroatoms. The third-order valence-corrected chi connectivity index (χ3v) is 5.56. The molecule has 2 aromatic carbocycles. The Bertz CT molecular complexity index is 1400. The van der Waals surface area contributed by atoms with Gasteiger partial charge in [0.2, 0.25) is 0 Å². The van der Waals surface area contributed by atoms with Crippen molar-refractivity contribution < 1.29 is 9.18 Å². The summed E-state index contributed by atoms with van der Waals surface area (Å²) in [4.78, 5) is 26.3. The fourth-order valence-electron chi connectivity index (χ4n) is 3.25. The molecule has 0 radical (unpaired) electrons. The molecule has 1 amide bonds. The zero-order valence-electron chi connectivity index (χ0n) is 17.6. The van der Waals surface area contributed by atoms with Crippen LogP contribution in [-0.2, 0) is 7.05 Å². The summed E-state index contributed by atoms with van der Waals surface area (Å²) < 4.78 is 16.2. The molecule has 0 fully saturated rings. The third kappa shape index (κ3) is 4.81. The molecule has 0 spiro atoms. The quantitative estimate of drug-likeness (QED) is 0.448. The van der Waals surface area contributed by atoms with Gasteiger partial charge in [-0.25, -0.2) is 4.39 Å². The predicted octanol–water partition coefficient (Wildman–Crippen LogP) is 4.57. The Hall–Kier alpha value is -3.49. The van der Waals surface area contributed by atoms with Gasteiger partial charge in [0.05, 0.1) is 29.2 Å². The van der Waals surface area contributed by atoms with Crippen LogP contribution >= 0.6 is 23.2 Å². The van der Waals surface area contributed by atoms with E-state index in [2.05, 4.69) is 15.5 Å². The first-order chi connectivity index (χ1) is 15.7. The summed E-state index contributed by atoms with van der Waals surface area (Å²) in [6.07, 6.45) is 3.09. The Morgan fingerprint density at radius 1 is 1.12 bits per heavy atom. The molecule has 2 aromatic heterocycles. The van der Waals surface area contributed by atoms with Gasteiger partial charge in [0, 0.05) is 17.6 Å². The van der Waals surface area contributed by atoms with Gasteiger partial charge in [0.25, 0.3) is 11.5 Å². The van der Waals surface area contributed by atoms with E-state index in [1.54, 1.807) is 44.4 Å². The molecule has 1 N–H and O–H groups in total. The fourth-order valence-corrected chi connectivity index (χ4v) is 3.57. The minimum Gasteiger partial charge on any atom is -0.345 e. The molecule has 168 valence electrons. The zero-order valence-corrected chi connectivity index (χ0v) is 19.1. The van der Waals surface area contributed by atoms with Gasteiger partial charge in [-0.1, -0.05) is 41.4 Å². The van der Waals surface area contributed by atoms with Crippen molar-refractivity contribution in [3.05, 3.63) is 98.3 Å². The first-order valence-electron chi connectivity index (χ1n) is 9.88. The highest BCUT2D eigenvalue weighted by molar-refractivity contribution is 6.31. The van der Waals surface area contributed by atoms with E-state index in [1.807, 2.05) is 0 Å². The molecule has 1 atom stereocenters. The van der Waals surface area contributed by atoms with Crippen LogP contribution in [0.4, 0.5) is 4.39 Å². The van der Waals surface area contributed by atoms with Crippen molar-refractivity contribution in [1.29, 1.82) is 0 Å². The smallest absolute Gasteiger partial charge is 0.284 e. The SMILES string of the molecule is CC(NC(=O)c1cc(-c2ccc(Cl)cc2)nn(-c2cnn(C)c2)c1=O)c1ccc(F)c(Cl)c1. The van der Waals surface area contributed by atoms with Crippen molar-refractivity contribution in [2.24, 2.45) is 7.05 Å². The second-order valence-corrected chi connectivity index (χ2v) is 8.25. The number of nitrogens with zero attached hydrogens (tertiary/aromatic N) is 4. The molecule has 0 saturated carbocycles. The number of hydrogen-bond acceptors (Lipinski definition) is 4. The van der Waals surface area contributed by atoms with E-state index in [9.17, 15) is 14.0 Å². The lowest BCUT2D eigenvalue weighted by Crippen LogP contribution is -2.35. The van der Waals surface area contributed by atoms with E-state index in [0.29, 0.717) is 27.5 Å². The third-order valence-electron chi connectivity index (χ3n) is 5.02. The average molecular weight is 486 g/mol. The number of benzene rings is 2. The molecule has 4 aromatic rings. The Kier molecular flexibility index (Phi) is 6.31. The Morgan fingerprint density at radius 3 is 2.48 bits per heavy atom. The first kappa shape index (κ1) is 22.7. The number of carbonyl (C=O) groups excluding carboxylic acids is 1. The summed E-state index contributed by atoms with van der Waals surface area (Å²) >= 11 is 11.8. The molecule has 1 unspecified atom stereocenters. The second kappa shape index (κ2) is 9.17. The van der Waals surface area contributed by atoms with Crippen LogP contribution in [0.1, 0.15) is 28.9 Å². The lowest BCUT2D eigenvalue weighted by Gasteiger charge is -2.16. The highest BCUT2D eigenvalue weighted by Gasteiger charge is 2.20. The molecular weight excluding hydrogens is 468 g/mol. The van der Waals surface area contributed by atoms with Crippen LogP contribution in [0.3, 0.4) is 0 Å². The Labute approximate surface area is 198 Å². The standard InChI is InChI=1S/C23H18Cl2FN5O2/c1-13(15-5-8-20(26)19(25)9-15)28-22(32)18-10-21(14-3-6-16(24)7-4-14)29-31(23(18)33)17-11-27-30(2)12-17/h3-13H,1-2H3,(H,28,32). The highest BCUT2D eigenvalue weighted by Crippen LogP contribution is 2.22. The lowest BCUT2D eigenvalue weighted by molar-refractivity contribution is 0.0937. The number of rotatable bonds is 5. The molecule has 0 bridgehead atoms. The van der Waals surface area contributed by atoms with Crippen LogP contribution in [0, 0.1) is 5.82 Å². The molecule has 33 heavy (non-hydrogen) atoms. The number of hydrogen-bond donors (Lipinski definition) is 1. The van der Waals surface area contributed by atoms with Crippen molar-refractivity contribution in [2.45, 2.75) is 13.0 Å². The van der Waals surface area contributed by atoms with E-state index in [-0.39, 0.29) is 10.6 Å². The van der Waals surface area contributed by atoms with Crippen LogP contribution < -0.4 is 10.9 Å². The molecule has 0 saturated heterocycles. The summed E-state index contributed by atoms with van der Waals surface area (Å²) in [6.45, 7) is 1.71. The van der Waals surface area contributed by atoms with E-state index in [0.717, 1.165) is 4.68 Å². The molecule has 7 nitrogen and oxygen atoms in total. The van der Waals surface area contributed by atoms with Gasteiger partial charge in [-0.05, 0) is 42.8 Å². The van der Waals surface area contributed by atoms with E-state index in [1.165, 1.54) is 35.1 Å². The number of amides is 1. The molecule has 0 aliphatic carbocycles. The first-order valence-corrected chi connectivity index (χ1v) is 10.6. The van der Waals surface area contributed by atoms with E-state index >= 15 is 0 Å². The average Bonchev–Trinajstić information content (AvgIpc) is 3.22. The van der Waals surface area contributed by atoms with Gasteiger partial charge in [-0.15, -0.1) is 0 Å². The lowest BCUT2D eigenvalue weighted by atomic mass is 10.1. The molecule has 2 heterocycles. The van der Waals surface area contributed by atoms with Crippen LogP contribution in [-0.4, -0.2) is 25.5 Å². The van der Waals surface area contributed by atoms with Gasteiger partial charge in [0.15, 0.2) is 0 Å². The van der Waals surface area contributed by atoms with Crippen molar-refractivity contribution >= 4 is 29.1 Å². The molecule has 0 aliphatic heterocycles. The Balaban J connectivity index is 1.76. The largest absolute Gasteiger partial charge is 0.345 e. The van der Waals surface area contributed by atoms with E-state index in [4.69, 9.17) is 23.2 Å². The van der Waals surface area contributed by atoms with E-state index < -0.39 is 23.3 Å². The summed E-state index contributed by atoms with van der Waals surface area (Å²) in [5, 5.41) is 11.8. The van der Waals surface area contributed by atoms with Gasteiger partial charge in [0.1, 0.15) is 17.1 Å². The van der Waals surface area contributed by atoms with Crippen molar-refractivity contribution in [1.82, 2.24) is 24.9 Å².